The predicted octanol–water partition coefficient (Wildman–Crippen LogP) is 2.45. The lowest BCUT2D eigenvalue weighted by Crippen LogP contribution is -2.68. The molecule has 0 radical (unpaired) electrons. The van der Waals surface area contributed by atoms with Crippen LogP contribution in [0.5, 0.6) is 0 Å². The van der Waals surface area contributed by atoms with Crippen LogP contribution in [0.3, 0.4) is 0 Å². The summed E-state index contributed by atoms with van der Waals surface area (Å²) < 4.78 is 27.6. The van der Waals surface area contributed by atoms with Gasteiger partial charge in [0.2, 0.25) is 5.91 Å². The van der Waals surface area contributed by atoms with Crippen LogP contribution < -0.4 is 16.1 Å². The molecule has 1 aliphatic rings. The van der Waals surface area contributed by atoms with Crippen molar-refractivity contribution < 1.29 is 28.4 Å². The van der Waals surface area contributed by atoms with Gasteiger partial charge >= 0.3 is 0 Å². The topological polar surface area (TPSA) is 111 Å². The van der Waals surface area contributed by atoms with E-state index in [9.17, 15) is 23.2 Å². The summed E-state index contributed by atoms with van der Waals surface area (Å²) in [7, 11) is 0. The summed E-state index contributed by atoms with van der Waals surface area (Å²) in [5.74, 6) is 3.09. The molecule has 2 atom stereocenters. The van der Waals surface area contributed by atoms with Crippen molar-refractivity contribution in [2.24, 2.45) is 0 Å². The number of hydrogen-bond donors (Lipinski definition) is 4. The molecule has 8 nitrogen and oxygen atoms in total. The molecule has 196 valence electrons. The smallest absolute Gasteiger partial charge is 0.268 e. The van der Waals surface area contributed by atoms with E-state index in [1.165, 1.54) is 36.0 Å². The lowest BCUT2D eigenvalue weighted by atomic mass is 9.91. The SMILES string of the molecule is CC(=O)NC(C)(C(F)F)[C@H](NC(=O)c1ccc(C#Cc2ccc(CN3CCCC3)cc2)cc1)C(=O)NO. The van der Waals surface area contributed by atoms with Crippen LogP contribution in [-0.4, -0.2) is 58.9 Å². The molecule has 1 unspecified atom stereocenters. The van der Waals surface area contributed by atoms with Crippen LogP contribution in [0.4, 0.5) is 8.78 Å². The Morgan fingerprint density at radius 2 is 1.54 bits per heavy atom. The van der Waals surface area contributed by atoms with Crippen molar-refractivity contribution in [3.8, 4) is 11.8 Å². The van der Waals surface area contributed by atoms with E-state index in [0.717, 1.165) is 39.0 Å². The van der Waals surface area contributed by atoms with Crippen molar-refractivity contribution in [2.45, 2.75) is 51.2 Å². The molecule has 0 spiro atoms. The Balaban J connectivity index is 1.68. The van der Waals surface area contributed by atoms with Gasteiger partial charge in [-0.3, -0.25) is 24.5 Å². The first-order chi connectivity index (χ1) is 17.6. The van der Waals surface area contributed by atoms with Crippen molar-refractivity contribution in [2.75, 3.05) is 13.1 Å². The fourth-order valence-corrected chi connectivity index (χ4v) is 4.14. The van der Waals surface area contributed by atoms with Crippen LogP contribution in [0.2, 0.25) is 0 Å². The number of nitrogens with one attached hydrogen (secondary N) is 3. The molecule has 0 saturated carbocycles. The highest BCUT2D eigenvalue weighted by atomic mass is 19.3. The van der Waals surface area contributed by atoms with Gasteiger partial charge in [-0.15, -0.1) is 0 Å². The number of alkyl halides is 2. The molecule has 2 aromatic rings. The van der Waals surface area contributed by atoms with E-state index in [0.29, 0.717) is 5.56 Å². The summed E-state index contributed by atoms with van der Waals surface area (Å²) in [6, 6.07) is 12.1. The minimum atomic E-state index is -3.23. The van der Waals surface area contributed by atoms with E-state index >= 15 is 0 Å². The van der Waals surface area contributed by atoms with E-state index in [-0.39, 0.29) is 5.56 Å². The molecule has 0 bridgehead atoms. The number of benzene rings is 2. The van der Waals surface area contributed by atoms with Crippen LogP contribution in [0.25, 0.3) is 0 Å². The van der Waals surface area contributed by atoms with Gasteiger partial charge in [0.25, 0.3) is 18.2 Å². The summed E-state index contributed by atoms with van der Waals surface area (Å²) in [6.07, 6.45) is -0.741. The van der Waals surface area contributed by atoms with E-state index in [1.54, 1.807) is 12.1 Å². The van der Waals surface area contributed by atoms with Crippen LogP contribution in [0.1, 0.15) is 53.7 Å². The molecule has 10 heteroatoms. The van der Waals surface area contributed by atoms with Gasteiger partial charge in [0.1, 0.15) is 11.6 Å². The number of carbonyl (C=O) groups excluding carboxylic acids is 3. The lowest BCUT2D eigenvalue weighted by Gasteiger charge is -2.36. The lowest BCUT2D eigenvalue weighted by molar-refractivity contribution is -0.137. The third kappa shape index (κ3) is 7.35. The van der Waals surface area contributed by atoms with Gasteiger partial charge in [-0.05, 0) is 74.8 Å². The number of hydrogen-bond acceptors (Lipinski definition) is 5. The third-order valence-corrected chi connectivity index (χ3v) is 6.20. The molecular weight excluding hydrogens is 482 g/mol. The Labute approximate surface area is 214 Å². The Morgan fingerprint density at radius 1 is 1.00 bits per heavy atom. The molecule has 1 heterocycles. The fourth-order valence-electron chi connectivity index (χ4n) is 4.14. The van der Waals surface area contributed by atoms with Gasteiger partial charge in [-0.25, -0.2) is 14.3 Å². The zero-order valence-electron chi connectivity index (χ0n) is 20.7. The first kappa shape index (κ1) is 27.8. The highest BCUT2D eigenvalue weighted by Crippen LogP contribution is 2.21. The molecule has 2 aromatic carbocycles. The molecule has 37 heavy (non-hydrogen) atoms. The van der Waals surface area contributed by atoms with E-state index in [4.69, 9.17) is 5.21 Å². The highest BCUT2D eigenvalue weighted by molar-refractivity contribution is 5.98. The van der Waals surface area contributed by atoms with Crippen LogP contribution in [0.15, 0.2) is 48.5 Å². The molecule has 1 aliphatic heterocycles. The minimum absolute atomic E-state index is 0.0759. The van der Waals surface area contributed by atoms with Gasteiger partial charge in [0.15, 0.2) is 0 Å². The first-order valence-electron chi connectivity index (χ1n) is 11.9. The molecular formula is C27H30F2N4O4. The minimum Gasteiger partial charge on any atom is -0.343 e. The molecule has 1 fully saturated rings. The summed E-state index contributed by atoms with van der Waals surface area (Å²) in [6.45, 7) is 5.09. The van der Waals surface area contributed by atoms with Gasteiger partial charge in [0, 0.05) is 30.2 Å². The van der Waals surface area contributed by atoms with Gasteiger partial charge in [0.05, 0.1) is 0 Å². The van der Waals surface area contributed by atoms with Crippen molar-refractivity contribution in [1.82, 2.24) is 21.0 Å². The Bertz CT molecular complexity index is 1170. The van der Waals surface area contributed by atoms with Crippen LogP contribution in [0, 0.1) is 11.8 Å². The Kier molecular flexibility index (Phi) is 9.33. The normalized spacial score (nSPS) is 15.7. The number of rotatable bonds is 8. The summed E-state index contributed by atoms with van der Waals surface area (Å²) in [5.41, 5.74) is 1.57. The summed E-state index contributed by atoms with van der Waals surface area (Å²) in [5, 5.41) is 13.2. The van der Waals surface area contributed by atoms with Gasteiger partial charge in [-0.1, -0.05) is 24.0 Å². The van der Waals surface area contributed by atoms with E-state index in [1.807, 2.05) is 17.4 Å². The second kappa shape index (κ2) is 12.4. The molecule has 0 aliphatic carbocycles. The summed E-state index contributed by atoms with van der Waals surface area (Å²) >= 11 is 0. The quantitative estimate of drug-likeness (QED) is 0.247. The number of halogens is 2. The molecule has 3 rings (SSSR count). The van der Waals surface area contributed by atoms with Crippen LogP contribution in [-0.2, 0) is 16.1 Å². The maximum Gasteiger partial charge on any atom is 0.268 e. The average molecular weight is 513 g/mol. The van der Waals surface area contributed by atoms with Crippen molar-refractivity contribution in [3.63, 3.8) is 0 Å². The first-order valence-corrected chi connectivity index (χ1v) is 11.9. The highest BCUT2D eigenvalue weighted by Gasteiger charge is 2.48. The number of amides is 3. The second-order valence-electron chi connectivity index (χ2n) is 9.15. The molecule has 0 aromatic heterocycles. The van der Waals surface area contributed by atoms with Crippen LogP contribution >= 0.6 is 0 Å². The van der Waals surface area contributed by atoms with Gasteiger partial charge in [-0.2, -0.15) is 0 Å². The van der Waals surface area contributed by atoms with E-state index in [2.05, 4.69) is 34.2 Å². The van der Waals surface area contributed by atoms with E-state index < -0.39 is 35.7 Å². The number of likely N-dealkylation sites (tertiary alicyclic amines) is 1. The predicted molar refractivity (Wildman–Crippen MR) is 133 cm³/mol. The average Bonchev–Trinajstić information content (AvgIpc) is 3.39. The number of nitrogens with zero attached hydrogens (tertiary/aromatic N) is 1. The van der Waals surface area contributed by atoms with Crippen molar-refractivity contribution in [1.29, 1.82) is 0 Å². The van der Waals surface area contributed by atoms with Gasteiger partial charge < -0.3 is 10.6 Å². The second-order valence-corrected chi connectivity index (χ2v) is 9.15. The number of hydroxylamine groups is 1. The zero-order valence-corrected chi connectivity index (χ0v) is 20.7. The number of carbonyl (C=O) groups is 3. The fraction of sp³-hybridized carbons (Fsp3) is 0.370. The zero-order chi connectivity index (χ0) is 27.0. The van der Waals surface area contributed by atoms with Crippen molar-refractivity contribution >= 4 is 17.7 Å². The van der Waals surface area contributed by atoms with Crippen molar-refractivity contribution in [3.05, 3.63) is 70.8 Å². The largest absolute Gasteiger partial charge is 0.343 e. The molecule has 4 N–H and O–H groups in total. The maximum atomic E-state index is 13.8. The molecule has 3 amide bonds. The standard InChI is InChI=1S/C27H30F2N4O4/c1-18(34)31-27(2,26(28)29)23(25(36)32-37)30-24(35)22-13-11-20(12-14-22)6-5-19-7-9-21(10-8-19)17-33-15-3-4-16-33/h7-14,23,26,37H,3-4,15-17H2,1-2H3,(H,30,35)(H,31,34)(H,32,36)/t23-,27?/m1/s1. The Hall–Kier alpha value is -3.81. The monoisotopic (exact) mass is 512 g/mol. The molecule has 1 saturated heterocycles. The maximum absolute atomic E-state index is 13.8. The third-order valence-electron chi connectivity index (χ3n) is 6.20. The Morgan fingerprint density at radius 3 is 2.03 bits per heavy atom. The summed E-state index contributed by atoms with van der Waals surface area (Å²) in [4.78, 5) is 38.7.